The monoisotopic (exact) mass is 307 g/mol. The molecule has 5 heteroatoms. The number of ether oxygens (including phenoxy) is 1. The molecule has 2 fully saturated rings. The fourth-order valence-corrected chi connectivity index (χ4v) is 4.13. The van der Waals surface area contributed by atoms with Crippen LogP contribution in [0.25, 0.3) is 0 Å². The third-order valence-corrected chi connectivity index (χ3v) is 5.16. The number of thiophene rings is 1. The van der Waals surface area contributed by atoms with Crippen molar-refractivity contribution in [1.29, 1.82) is 0 Å². The molecule has 1 aromatic heterocycles. The highest BCUT2D eigenvalue weighted by Gasteiger charge is 2.31. The first-order valence-corrected chi connectivity index (χ1v) is 8.75. The summed E-state index contributed by atoms with van der Waals surface area (Å²) in [7, 11) is 0. The minimum Gasteiger partial charge on any atom is -0.375 e. The maximum Gasteiger partial charge on any atom is 0.192 e. The molecule has 0 spiro atoms. The maximum absolute atomic E-state index is 6.33. The van der Waals surface area contributed by atoms with E-state index in [2.05, 4.69) is 35.6 Å². The molecule has 0 amide bonds. The zero-order chi connectivity index (χ0) is 14.9. The normalized spacial score (nSPS) is 29.8. The van der Waals surface area contributed by atoms with Crippen LogP contribution >= 0.6 is 11.3 Å². The SMILES string of the molecule is CC1(C)CC(N=C(N)N2CCCC2c2ccsc2)CCO1. The topological polar surface area (TPSA) is 50.8 Å². The fourth-order valence-electron chi connectivity index (χ4n) is 3.42. The van der Waals surface area contributed by atoms with Gasteiger partial charge in [0, 0.05) is 13.2 Å². The van der Waals surface area contributed by atoms with Crippen molar-refractivity contribution < 1.29 is 4.74 Å². The van der Waals surface area contributed by atoms with E-state index in [1.54, 1.807) is 11.3 Å². The van der Waals surface area contributed by atoms with Crippen molar-refractivity contribution in [1.82, 2.24) is 4.90 Å². The molecule has 2 saturated heterocycles. The summed E-state index contributed by atoms with van der Waals surface area (Å²) in [6, 6.07) is 2.91. The summed E-state index contributed by atoms with van der Waals surface area (Å²) >= 11 is 1.75. The molecule has 3 rings (SSSR count). The van der Waals surface area contributed by atoms with Gasteiger partial charge in [-0.1, -0.05) is 0 Å². The Kier molecular flexibility index (Phi) is 4.22. The first-order chi connectivity index (χ1) is 10.1. The van der Waals surface area contributed by atoms with Crippen molar-refractivity contribution in [3.05, 3.63) is 22.4 Å². The molecule has 2 aliphatic heterocycles. The summed E-state index contributed by atoms with van der Waals surface area (Å²) in [6.07, 6.45) is 4.29. The van der Waals surface area contributed by atoms with Gasteiger partial charge in [0.25, 0.3) is 0 Å². The van der Waals surface area contributed by atoms with Gasteiger partial charge >= 0.3 is 0 Å². The zero-order valence-corrected chi connectivity index (χ0v) is 13.7. The van der Waals surface area contributed by atoms with Crippen molar-refractivity contribution in [2.75, 3.05) is 13.2 Å². The summed E-state index contributed by atoms with van der Waals surface area (Å²) < 4.78 is 5.76. The number of hydrogen-bond acceptors (Lipinski definition) is 3. The molecule has 0 aromatic carbocycles. The van der Waals surface area contributed by atoms with Gasteiger partial charge in [-0.25, -0.2) is 4.99 Å². The van der Waals surface area contributed by atoms with Gasteiger partial charge in [0.1, 0.15) is 0 Å². The van der Waals surface area contributed by atoms with E-state index in [9.17, 15) is 0 Å². The Hall–Kier alpha value is -1.07. The molecule has 2 atom stereocenters. The van der Waals surface area contributed by atoms with Crippen molar-refractivity contribution >= 4 is 17.3 Å². The van der Waals surface area contributed by atoms with Crippen LogP contribution in [0.5, 0.6) is 0 Å². The van der Waals surface area contributed by atoms with E-state index in [-0.39, 0.29) is 11.6 Å². The molecule has 1 aromatic rings. The second-order valence-electron chi connectivity index (χ2n) is 6.65. The van der Waals surface area contributed by atoms with Crippen LogP contribution < -0.4 is 5.73 Å². The Bertz CT molecular complexity index is 498. The Labute approximate surface area is 131 Å². The highest BCUT2D eigenvalue weighted by molar-refractivity contribution is 7.07. The Morgan fingerprint density at radius 1 is 1.48 bits per heavy atom. The minimum absolute atomic E-state index is 0.0789. The standard InChI is InChI=1S/C16H25N3OS/c1-16(2)10-13(5-8-20-16)18-15(17)19-7-3-4-14(19)12-6-9-21-11-12/h6,9,11,13-14H,3-5,7-8,10H2,1-2H3,(H2,17,18). The van der Waals surface area contributed by atoms with Gasteiger partial charge in [-0.15, -0.1) is 0 Å². The van der Waals surface area contributed by atoms with Gasteiger partial charge in [0.15, 0.2) is 5.96 Å². The molecule has 4 nitrogen and oxygen atoms in total. The second kappa shape index (κ2) is 5.97. The Morgan fingerprint density at radius 2 is 2.33 bits per heavy atom. The van der Waals surface area contributed by atoms with Crippen molar-refractivity contribution in [2.45, 2.75) is 57.2 Å². The number of guanidine groups is 1. The lowest BCUT2D eigenvalue weighted by molar-refractivity contribution is -0.0576. The molecule has 0 bridgehead atoms. The maximum atomic E-state index is 6.33. The molecule has 2 aliphatic rings. The van der Waals surface area contributed by atoms with E-state index in [1.165, 1.54) is 18.4 Å². The van der Waals surface area contributed by atoms with E-state index in [1.807, 2.05) is 0 Å². The van der Waals surface area contributed by atoms with Crippen LogP contribution in [0.3, 0.4) is 0 Å². The first kappa shape index (κ1) is 14.9. The molecule has 0 saturated carbocycles. The van der Waals surface area contributed by atoms with E-state index in [0.29, 0.717) is 12.0 Å². The number of aliphatic imine (C=N–C) groups is 1. The molecular weight excluding hydrogens is 282 g/mol. The predicted octanol–water partition coefficient (Wildman–Crippen LogP) is 3.16. The van der Waals surface area contributed by atoms with Crippen LogP contribution in [-0.2, 0) is 4.74 Å². The molecule has 116 valence electrons. The molecule has 2 unspecified atom stereocenters. The lowest BCUT2D eigenvalue weighted by Crippen LogP contribution is -2.41. The van der Waals surface area contributed by atoms with Crippen LogP contribution in [0.2, 0.25) is 0 Å². The molecule has 21 heavy (non-hydrogen) atoms. The highest BCUT2D eigenvalue weighted by atomic mass is 32.1. The van der Waals surface area contributed by atoms with Crippen molar-refractivity contribution in [3.63, 3.8) is 0 Å². The zero-order valence-electron chi connectivity index (χ0n) is 12.9. The smallest absolute Gasteiger partial charge is 0.192 e. The summed E-state index contributed by atoms with van der Waals surface area (Å²) in [6.45, 7) is 6.06. The van der Waals surface area contributed by atoms with Crippen LogP contribution in [0.1, 0.15) is 51.1 Å². The third-order valence-electron chi connectivity index (χ3n) is 4.46. The Morgan fingerprint density at radius 3 is 3.05 bits per heavy atom. The predicted molar refractivity (Wildman–Crippen MR) is 87.7 cm³/mol. The average molecular weight is 307 g/mol. The molecular formula is C16H25N3OS. The summed E-state index contributed by atoms with van der Waals surface area (Å²) in [5.41, 5.74) is 7.63. The number of hydrogen-bond donors (Lipinski definition) is 1. The van der Waals surface area contributed by atoms with Gasteiger partial charge in [-0.2, -0.15) is 11.3 Å². The van der Waals surface area contributed by atoms with Crippen LogP contribution in [0.4, 0.5) is 0 Å². The third kappa shape index (κ3) is 3.40. The molecule has 2 N–H and O–H groups in total. The number of nitrogens with two attached hydrogens (primary N) is 1. The average Bonchev–Trinajstić information content (AvgIpc) is 3.08. The first-order valence-electron chi connectivity index (χ1n) is 7.81. The van der Waals surface area contributed by atoms with Gasteiger partial charge in [0.05, 0.1) is 17.7 Å². The molecule has 0 aliphatic carbocycles. The lowest BCUT2D eigenvalue weighted by Gasteiger charge is -2.34. The van der Waals surface area contributed by atoms with Gasteiger partial charge in [-0.05, 0) is 61.9 Å². The van der Waals surface area contributed by atoms with Crippen LogP contribution in [-0.4, -0.2) is 35.7 Å². The van der Waals surface area contributed by atoms with E-state index < -0.39 is 0 Å². The van der Waals surface area contributed by atoms with Crippen LogP contribution in [0.15, 0.2) is 21.8 Å². The van der Waals surface area contributed by atoms with E-state index in [0.717, 1.165) is 26.0 Å². The van der Waals surface area contributed by atoms with E-state index >= 15 is 0 Å². The number of likely N-dealkylation sites (tertiary alicyclic amines) is 1. The summed E-state index contributed by atoms with van der Waals surface area (Å²) in [5, 5.41) is 4.37. The van der Waals surface area contributed by atoms with Gasteiger partial charge < -0.3 is 15.4 Å². The highest BCUT2D eigenvalue weighted by Crippen LogP contribution is 2.33. The van der Waals surface area contributed by atoms with Gasteiger partial charge in [0.2, 0.25) is 0 Å². The molecule has 0 radical (unpaired) electrons. The van der Waals surface area contributed by atoms with Crippen molar-refractivity contribution in [2.24, 2.45) is 10.7 Å². The van der Waals surface area contributed by atoms with Crippen molar-refractivity contribution in [3.8, 4) is 0 Å². The quantitative estimate of drug-likeness (QED) is 0.674. The van der Waals surface area contributed by atoms with Crippen LogP contribution in [0, 0.1) is 0 Å². The fraction of sp³-hybridized carbons (Fsp3) is 0.688. The van der Waals surface area contributed by atoms with E-state index in [4.69, 9.17) is 15.5 Å². The van der Waals surface area contributed by atoms with Gasteiger partial charge in [-0.3, -0.25) is 0 Å². The second-order valence-corrected chi connectivity index (χ2v) is 7.43. The molecule has 3 heterocycles. The lowest BCUT2D eigenvalue weighted by atomic mass is 9.94. The largest absolute Gasteiger partial charge is 0.375 e. The number of nitrogens with zero attached hydrogens (tertiary/aromatic N) is 2. The Balaban J connectivity index is 1.71. The summed E-state index contributed by atoms with van der Waals surface area (Å²) in [5.74, 6) is 0.714. The minimum atomic E-state index is -0.0789. The summed E-state index contributed by atoms with van der Waals surface area (Å²) in [4.78, 5) is 7.10. The number of rotatable bonds is 2.